The van der Waals surface area contributed by atoms with Crippen molar-refractivity contribution < 1.29 is 0 Å². The van der Waals surface area contributed by atoms with Crippen molar-refractivity contribution in [3.8, 4) is 57.2 Å². The van der Waals surface area contributed by atoms with Gasteiger partial charge in [0.15, 0.2) is 11.4 Å². The lowest BCUT2D eigenvalue weighted by Gasteiger charge is -2.07. The van der Waals surface area contributed by atoms with Gasteiger partial charge in [0.05, 0.1) is 0 Å². The Morgan fingerprint density at radius 2 is 0.923 bits per heavy atom. The molecule has 9 aromatic rings. The SMILES string of the molecule is [C-]#[N+]c1nc2nc3c(nc2nc1C#N)-c1c2ccccc2cc2cccc-3c12.[C-]#[N+]c1nc2nc3c(nc2nc1C#N)-c1cccc2cccc-3c12. The quantitative estimate of drug-likeness (QED) is 0.114. The van der Waals surface area contributed by atoms with Crippen molar-refractivity contribution in [1.29, 1.82) is 10.5 Å². The largest absolute Gasteiger partial charge is 0.358 e. The second-order valence-electron chi connectivity index (χ2n) is 12.0. The van der Waals surface area contributed by atoms with Gasteiger partial charge in [0.1, 0.15) is 34.9 Å². The molecule has 0 atom stereocenters. The number of benzene rings is 5. The molecule has 0 spiro atoms. The molecule has 2 aliphatic carbocycles. The summed E-state index contributed by atoms with van der Waals surface area (Å²) in [6.45, 7) is 14.4. The van der Waals surface area contributed by atoms with Gasteiger partial charge < -0.3 is 9.69 Å². The van der Waals surface area contributed by atoms with E-state index in [4.69, 9.17) is 28.4 Å². The summed E-state index contributed by atoms with van der Waals surface area (Å²) in [6.07, 6.45) is 0. The highest BCUT2D eigenvalue weighted by Crippen LogP contribution is 2.49. The second kappa shape index (κ2) is 10.6. The van der Waals surface area contributed by atoms with Crippen LogP contribution in [0.3, 0.4) is 0 Å². The van der Waals surface area contributed by atoms with Crippen LogP contribution in [0.15, 0.2) is 84.9 Å². The van der Waals surface area contributed by atoms with Gasteiger partial charge in [0.25, 0.3) is 11.3 Å². The standard InChI is InChI=1S/C22H8N6.C18H6N6/c1-24-20-15(10-23)25-21-22(28-20)26-18-14-8-4-6-12-9-11-5-2-3-7-13(11)17(16(12)14)19(18)27-21;1-20-16-12(8-19)21-17-18(24-16)23-15-11-7-3-5-9-4-2-6-10(13(9)11)14(15)22-17/h2-9H;2-7H. The Labute approximate surface area is 292 Å². The Morgan fingerprint density at radius 1 is 0.462 bits per heavy atom. The Hall–Kier alpha value is -8.32. The molecule has 0 radical (unpaired) electrons. The van der Waals surface area contributed by atoms with E-state index in [0.29, 0.717) is 0 Å². The van der Waals surface area contributed by atoms with E-state index in [2.05, 4.69) is 76.0 Å². The van der Waals surface area contributed by atoms with Crippen LogP contribution in [0, 0.1) is 35.8 Å². The van der Waals surface area contributed by atoms with E-state index in [1.54, 1.807) is 0 Å². The number of fused-ring (bicyclic) bond motifs is 10. The smallest absolute Gasteiger partial charge is 0.308 e. The van der Waals surface area contributed by atoms with Crippen LogP contribution in [0.2, 0.25) is 0 Å². The first-order valence-corrected chi connectivity index (χ1v) is 15.8. The first kappa shape index (κ1) is 28.7. The van der Waals surface area contributed by atoms with Crippen LogP contribution < -0.4 is 0 Å². The molecule has 5 aromatic carbocycles. The molecule has 52 heavy (non-hydrogen) atoms. The third kappa shape index (κ3) is 3.92. The van der Waals surface area contributed by atoms with Gasteiger partial charge in [0.2, 0.25) is 11.3 Å². The predicted octanol–water partition coefficient (Wildman–Crippen LogP) is 8.44. The minimum absolute atomic E-state index is 0.0273. The molecule has 0 unspecified atom stereocenters. The minimum atomic E-state index is -0.0524. The molecule has 12 nitrogen and oxygen atoms in total. The Morgan fingerprint density at radius 3 is 1.48 bits per heavy atom. The highest BCUT2D eigenvalue weighted by molar-refractivity contribution is 6.23. The summed E-state index contributed by atoms with van der Waals surface area (Å²) >= 11 is 0. The minimum Gasteiger partial charge on any atom is -0.358 e. The first-order valence-electron chi connectivity index (χ1n) is 15.8. The van der Waals surface area contributed by atoms with Gasteiger partial charge >= 0.3 is 11.6 Å². The van der Waals surface area contributed by atoms with Gasteiger partial charge in [0, 0.05) is 33.0 Å². The third-order valence-corrected chi connectivity index (χ3v) is 9.22. The van der Waals surface area contributed by atoms with E-state index in [1.807, 2.05) is 60.7 Å². The number of rotatable bonds is 0. The van der Waals surface area contributed by atoms with Gasteiger partial charge in [-0.25, -0.2) is 29.9 Å². The molecule has 2 aliphatic rings. The van der Waals surface area contributed by atoms with E-state index in [9.17, 15) is 5.26 Å². The number of nitriles is 2. The van der Waals surface area contributed by atoms with E-state index in [0.717, 1.165) is 77.3 Å². The van der Waals surface area contributed by atoms with Crippen molar-refractivity contribution >= 4 is 66.5 Å². The summed E-state index contributed by atoms with van der Waals surface area (Å²) in [6, 6.07) is 32.4. The van der Waals surface area contributed by atoms with Crippen LogP contribution in [0.5, 0.6) is 0 Å². The number of aromatic nitrogens is 8. The Bertz CT molecular complexity index is 3210. The van der Waals surface area contributed by atoms with Gasteiger partial charge in [-0.2, -0.15) is 10.5 Å². The fourth-order valence-electron chi connectivity index (χ4n) is 7.10. The lowest BCUT2D eigenvalue weighted by Crippen LogP contribution is -1.98. The van der Waals surface area contributed by atoms with Crippen LogP contribution in [-0.4, -0.2) is 39.9 Å². The van der Waals surface area contributed by atoms with Crippen LogP contribution in [0.1, 0.15) is 11.4 Å². The molecule has 4 heterocycles. The third-order valence-electron chi connectivity index (χ3n) is 9.22. The molecule has 0 N–H and O–H groups in total. The molecule has 0 saturated carbocycles. The zero-order valence-electron chi connectivity index (χ0n) is 26.4. The lowest BCUT2D eigenvalue weighted by molar-refractivity contribution is 1.16. The molecule has 0 bridgehead atoms. The zero-order chi connectivity index (χ0) is 35.1. The predicted molar refractivity (Wildman–Crippen MR) is 194 cm³/mol. The molecule has 4 aromatic heterocycles. The van der Waals surface area contributed by atoms with E-state index in [1.165, 1.54) is 0 Å². The van der Waals surface area contributed by atoms with Gasteiger partial charge in [-0.05, 0) is 27.6 Å². The highest BCUT2D eigenvalue weighted by Gasteiger charge is 2.29. The summed E-state index contributed by atoms with van der Waals surface area (Å²) in [5.74, 6) is -0.101. The van der Waals surface area contributed by atoms with Crippen molar-refractivity contribution in [1.82, 2.24) is 39.9 Å². The number of nitrogens with zero attached hydrogens (tertiary/aromatic N) is 12. The van der Waals surface area contributed by atoms with Crippen LogP contribution >= 0.6 is 0 Å². The maximum Gasteiger partial charge on any atom is 0.308 e. The van der Waals surface area contributed by atoms with Gasteiger partial charge in [-0.3, -0.25) is 0 Å². The molecule has 0 fully saturated rings. The second-order valence-corrected chi connectivity index (χ2v) is 12.0. The van der Waals surface area contributed by atoms with Gasteiger partial charge in [-0.1, -0.05) is 102 Å². The summed E-state index contributed by atoms with van der Waals surface area (Å²) in [5, 5.41) is 25.1. The van der Waals surface area contributed by atoms with E-state index >= 15 is 0 Å². The fourth-order valence-corrected chi connectivity index (χ4v) is 7.10. The van der Waals surface area contributed by atoms with Crippen LogP contribution in [0.4, 0.5) is 11.6 Å². The van der Waals surface area contributed by atoms with Crippen molar-refractivity contribution in [2.45, 2.75) is 0 Å². The molecule has 0 saturated heterocycles. The number of hydrogen-bond acceptors (Lipinski definition) is 10. The molecular formula is C40H14N12. The maximum atomic E-state index is 9.26. The van der Waals surface area contributed by atoms with Crippen molar-refractivity contribution in [3.05, 3.63) is 119 Å². The Balaban J connectivity index is 0.000000132. The molecular weight excluding hydrogens is 649 g/mol. The topological polar surface area (TPSA) is 159 Å². The summed E-state index contributed by atoms with van der Waals surface area (Å²) in [5.41, 5.74) is 8.04. The van der Waals surface area contributed by atoms with E-state index in [-0.39, 0.29) is 45.6 Å². The summed E-state index contributed by atoms with van der Waals surface area (Å²) < 4.78 is 0. The Kier molecular flexibility index (Phi) is 5.84. The zero-order valence-corrected chi connectivity index (χ0v) is 26.4. The highest BCUT2D eigenvalue weighted by atomic mass is 15.1. The van der Waals surface area contributed by atoms with Crippen molar-refractivity contribution in [2.24, 2.45) is 0 Å². The number of hydrogen-bond donors (Lipinski definition) is 0. The van der Waals surface area contributed by atoms with Gasteiger partial charge in [-0.15, -0.1) is 0 Å². The van der Waals surface area contributed by atoms with Crippen molar-refractivity contribution in [3.63, 3.8) is 0 Å². The summed E-state index contributed by atoms with van der Waals surface area (Å²) in [4.78, 5) is 41.9. The normalized spacial score (nSPS) is 11.4. The summed E-state index contributed by atoms with van der Waals surface area (Å²) in [7, 11) is 0. The maximum absolute atomic E-state index is 9.26. The first-order chi connectivity index (χ1) is 25.6. The lowest BCUT2D eigenvalue weighted by atomic mass is 9.97. The van der Waals surface area contributed by atoms with Crippen LogP contribution in [-0.2, 0) is 0 Å². The monoisotopic (exact) mass is 662 g/mol. The van der Waals surface area contributed by atoms with Crippen molar-refractivity contribution in [2.75, 3.05) is 0 Å². The molecule has 12 heteroatoms. The average Bonchev–Trinajstić information content (AvgIpc) is 3.69. The average molecular weight is 663 g/mol. The van der Waals surface area contributed by atoms with Crippen LogP contribution in [0.25, 0.3) is 110 Å². The van der Waals surface area contributed by atoms with E-state index < -0.39 is 0 Å². The molecule has 0 aliphatic heterocycles. The molecule has 0 amide bonds. The molecule has 11 rings (SSSR count). The molecule has 234 valence electrons. The fraction of sp³-hybridized carbons (Fsp3) is 0.